The van der Waals surface area contributed by atoms with Gasteiger partial charge in [0.05, 0.1) is 5.69 Å². The molecule has 0 bridgehead atoms. The molecule has 2 N–H and O–H groups in total. The Hall–Kier alpha value is -2.29. The molecule has 0 fully saturated rings. The number of hydrogen-bond donors (Lipinski definition) is 1. The van der Waals surface area contributed by atoms with Crippen molar-refractivity contribution in [3.05, 3.63) is 53.9 Å². The van der Waals surface area contributed by atoms with E-state index in [1.54, 1.807) is 0 Å². The van der Waals surface area contributed by atoms with Crippen molar-refractivity contribution in [2.24, 2.45) is 0 Å². The number of benzene rings is 1. The molecule has 0 unspecified atom stereocenters. The highest BCUT2D eigenvalue weighted by Gasteiger charge is 2.14. The van der Waals surface area contributed by atoms with Crippen LogP contribution in [0, 0.1) is 6.92 Å². The molecule has 108 valence electrons. The second-order valence-electron chi connectivity index (χ2n) is 6.64. The predicted octanol–water partition coefficient (Wildman–Crippen LogP) is 4.19. The van der Waals surface area contributed by atoms with Gasteiger partial charge in [-0.05, 0) is 29.5 Å². The normalized spacial score (nSPS) is 12.0. The van der Waals surface area contributed by atoms with Gasteiger partial charge in [-0.25, -0.2) is 4.98 Å². The predicted molar refractivity (Wildman–Crippen MR) is 88.5 cm³/mol. The molecule has 0 aliphatic carbocycles. The number of nitrogen functional groups attached to an aromatic ring is 1. The van der Waals surface area contributed by atoms with Crippen molar-refractivity contribution in [3.63, 3.8) is 0 Å². The summed E-state index contributed by atoms with van der Waals surface area (Å²) in [6.07, 6.45) is 3.94. The molecule has 0 spiro atoms. The van der Waals surface area contributed by atoms with E-state index in [1.807, 2.05) is 29.8 Å². The van der Waals surface area contributed by atoms with Crippen molar-refractivity contribution >= 4 is 11.3 Å². The van der Waals surface area contributed by atoms with Crippen LogP contribution in [0.5, 0.6) is 0 Å². The van der Waals surface area contributed by atoms with E-state index in [9.17, 15) is 0 Å². The maximum Gasteiger partial charge on any atom is 0.140 e. The van der Waals surface area contributed by atoms with E-state index in [2.05, 4.69) is 45.0 Å². The Morgan fingerprint density at radius 2 is 1.71 bits per heavy atom. The van der Waals surface area contributed by atoms with Crippen LogP contribution < -0.4 is 5.73 Å². The molecule has 0 amide bonds. The Bertz CT molecular complexity index is 790. The molecule has 0 saturated carbocycles. The highest BCUT2D eigenvalue weighted by atomic mass is 15.0. The summed E-state index contributed by atoms with van der Waals surface area (Å²) < 4.78 is 2.00. The van der Waals surface area contributed by atoms with Crippen molar-refractivity contribution in [1.82, 2.24) is 9.38 Å². The van der Waals surface area contributed by atoms with Crippen LogP contribution in [0.4, 0.5) is 5.69 Å². The topological polar surface area (TPSA) is 43.3 Å². The number of imidazole rings is 1. The lowest BCUT2D eigenvalue weighted by Crippen LogP contribution is -2.10. The lowest BCUT2D eigenvalue weighted by Gasteiger charge is -2.18. The summed E-state index contributed by atoms with van der Waals surface area (Å²) in [4.78, 5) is 4.72. The second-order valence-corrected chi connectivity index (χ2v) is 6.64. The zero-order valence-corrected chi connectivity index (χ0v) is 13.0. The molecule has 1 aromatic carbocycles. The summed E-state index contributed by atoms with van der Waals surface area (Å²) in [6.45, 7) is 8.70. The molecule has 3 heteroatoms. The summed E-state index contributed by atoms with van der Waals surface area (Å²) in [5, 5.41) is 0. The Morgan fingerprint density at radius 1 is 1.05 bits per heavy atom. The molecule has 0 radical (unpaired) electrons. The van der Waals surface area contributed by atoms with Gasteiger partial charge in [0.2, 0.25) is 0 Å². The maximum absolute atomic E-state index is 5.89. The van der Waals surface area contributed by atoms with E-state index in [0.717, 1.165) is 28.2 Å². The SMILES string of the molecule is Cc1cc(N)cn2cc(-c3ccc(C(C)(C)C)cc3)nc12. The summed E-state index contributed by atoms with van der Waals surface area (Å²) in [5.74, 6) is 0. The number of hydrogen-bond acceptors (Lipinski definition) is 2. The first-order chi connectivity index (χ1) is 9.84. The Kier molecular flexibility index (Phi) is 3.01. The van der Waals surface area contributed by atoms with Crippen LogP contribution in [0.1, 0.15) is 31.9 Å². The average molecular weight is 279 g/mol. The molecule has 0 atom stereocenters. The van der Waals surface area contributed by atoms with Crippen LogP contribution in [0.25, 0.3) is 16.9 Å². The van der Waals surface area contributed by atoms with Gasteiger partial charge in [0, 0.05) is 23.6 Å². The number of aryl methyl sites for hydroxylation is 1. The summed E-state index contributed by atoms with van der Waals surface area (Å²) >= 11 is 0. The molecule has 2 aromatic heterocycles. The summed E-state index contributed by atoms with van der Waals surface area (Å²) in [5.41, 5.74) is 12.3. The van der Waals surface area contributed by atoms with E-state index in [0.29, 0.717) is 0 Å². The fraction of sp³-hybridized carbons (Fsp3) is 0.278. The Balaban J connectivity index is 2.06. The molecular formula is C18H21N3. The van der Waals surface area contributed by atoms with Crippen LogP contribution >= 0.6 is 0 Å². The second kappa shape index (κ2) is 4.62. The van der Waals surface area contributed by atoms with Crippen molar-refractivity contribution in [2.45, 2.75) is 33.1 Å². The van der Waals surface area contributed by atoms with Crippen LogP contribution in [0.3, 0.4) is 0 Å². The van der Waals surface area contributed by atoms with E-state index in [-0.39, 0.29) is 5.41 Å². The highest BCUT2D eigenvalue weighted by molar-refractivity contribution is 5.66. The summed E-state index contributed by atoms with van der Waals surface area (Å²) in [7, 11) is 0. The van der Waals surface area contributed by atoms with E-state index < -0.39 is 0 Å². The zero-order valence-electron chi connectivity index (χ0n) is 13.0. The smallest absolute Gasteiger partial charge is 0.140 e. The van der Waals surface area contributed by atoms with Crippen LogP contribution in [0.15, 0.2) is 42.7 Å². The number of anilines is 1. The molecule has 3 nitrogen and oxygen atoms in total. The van der Waals surface area contributed by atoms with Crippen LogP contribution in [-0.4, -0.2) is 9.38 Å². The standard InChI is InChI=1S/C18H21N3/c1-12-9-15(19)10-21-11-16(20-17(12)21)13-5-7-14(8-6-13)18(2,3)4/h5-11H,19H2,1-4H3. The number of fused-ring (bicyclic) bond motifs is 1. The Morgan fingerprint density at radius 3 is 2.33 bits per heavy atom. The monoisotopic (exact) mass is 279 g/mol. The van der Waals surface area contributed by atoms with Crippen molar-refractivity contribution in [1.29, 1.82) is 0 Å². The molecule has 3 aromatic rings. The van der Waals surface area contributed by atoms with Crippen LogP contribution in [-0.2, 0) is 5.41 Å². The molecule has 2 heterocycles. The van der Waals surface area contributed by atoms with Gasteiger partial charge in [0.15, 0.2) is 0 Å². The van der Waals surface area contributed by atoms with Gasteiger partial charge in [-0.3, -0.25) is 0 Å². The summed E-state index contributed by atoms with van der Waals surface area (Å²) in [6, 6.07) is 10.6. The average Bonchev–Trinajstić information content (AvgIpc) is 2.82. The Labute approximate surface area is 125 Å². The van der Waals surface area contributed by atoms with Crippen molar-refractivity contribution < 1.29 is 0 Å². The van der Waals surface area contributed by atoms with Gasteiger partial charge in [-0.15, -0.1) is 0 Å². The van der Waals surface area contributed by atoms with Gasteiger partial charge >= 0.3 is 0 Å². The third-order valence-electron chi connectivity index (χ3n) is 3.80. The van der Waals surface area contributed by atoms with Gasteiger partial charge < -0.3 is 10.1 Å². The van der Waals surface area contributed by atoms with Crippen molar-refractivity contribution in [2.75, 3.05) is 5.73 Å². The third kappa shape index (κ3) is 2.51. The van der Waals surface area contributed by atoms with Gasteiger partial charge in [0.25, 0.3) is 0 Å². The minimum absolute atomic E-state index is 0.169. The van der Waals surface area contributed by atoms with Gasteiger partial charge in [-0.2, -0.15) is 0 Å². The van der Waals surface area contributed by atoms with Gasteiger partial charge in [-0.1, -0.05) is 45.0 Å². The number of aromatic nitrogens is 2. The van der Waals surface area contributed by atoms with E-state index in [4.69, 9.17) is 10.7 Å². The number of pyridine rings is 1. The molecule has 3 rings (SSSR count). The third-order valence-corrected chi connectivity index (χ3v) is 3.80. The lowest BCUT2D eigenvalue weighted by molar-refractivity contribution is 0.590. The lowest BCUT2D eigenvalue weighted by atomic mass is 9.86. The largest absolute Gasteiger partial charge is 0.398 e. The number of rotatable bonds is 1. The van der Waals surface area contributed by atoms with Crippen molar-refractivity contribution in [3.8, 4) is 11.3 Å². The molecule has 21 heavy (non-hydrogen) atoms. The fourth-order valence-corrected chi connectivity index (χ4v) is 2.58. The first-order valence-electron chi connectivity index (χ1n) is 7.20. The van der Waals surface area contributed by atoms with E-state index >= 15 is 0 Å². The zero-order chi connectivity index (χ0) is 15.2. The number of nitrogens with zero attached hydrogens (tertiary/aromatic N) is 2. The molecule has 0 aliphatic heterocycles. The first-order valence-corrected chi connectivity index (χ1v) is 7.20. The van der Waals surface area contributed by atoms with Gasteiger partial charge in [0.1, 0.15) is 5.65 Å². The minimum Gasteiger partial charge on any atom is -0.398 e. The van der Waals surface area contributed by atoms with E-state index in [1.165, 1.54) is 5.56 Å². The number of nitrogens with two attached hydrogens (primary N) is 1. The quantitative estimate of drug-likeness (QED) is 0.726. The highest BCUT2D eigenvalue weighted by Crippen LogP contribution is 2.26. The van der Waals surface area contributed by atoms with Crippen LogP contribution in [0.2, 0.25) is 0 Å². The minimum atomic E-state index is 0.169. The first kappa shape index (κ1) is 13.7. The molecule has 0 saturated heterocycles. The molecule has 0 aliphatic rings. The molecular weight excluding hydrogens is 258 g/mol. The maximum atomic E-state index is 5.89. The fourth-order valence-electron chi connectivity index (χ4n) is 2.58.